The third kappa shape index (κ3) is 2.85. The van der Waals surface area contributed by atoms with E-state index >= 15 is 0 Å². The molecule has 3 aromatic carbocycles. The number of sulfonamides is 1. The Balaban J connectivity index is 1.73. The summed E-state index contributed by atoms with van der Waals surface area (Å²) in [7, 11) is -3.89. The number of halogens is 3. The average Bonchev–Trinajstić information content (AvgIpc) is 2.84. The minimum Gasteiger partial charge on any atom is -0.387 e. The van der Waals surface area contributed by atoms with Crippen LogP contribution in [0.1, 0.15) is 17.2 Å². The highest BCUT2D eigenvalue weighted by Gasteiger charge is 2.37. The van der Waals surface area contributed by atoms with Crippen molar-refractivity contribution in [3.05, 3.63) is 71.8 Å². The summed E-state index contributed by atoms with van der Waals surface area (Å²) in [5.41, 5.74) is -0.481. The second-order valence-electron chi connectivity index (χ2n) is 6.31. The summed E-state index contributed by atoms with van der Waals surface area (Å²) in [6.45, 7) is -0.378. The molecule has 27 heavy (non-hydrogen) atoms. The SMILES string of the molecule is O=S1(=O)c2cccc3cccc(c23)N1CC(O)c1cccc(C(F)(F)F)c1. The molecule has 8 heteroatoms. The summed E-state index contributed by atoms with van der Waals surface area (Å²) in [5.74, 6) is 0. The van der Waals surface area contributed by atoms with Gasteiger partial charge in [-0.25, -0.2) is 8.42 Å². The van der Waals surface area contributed by atoms with E-state index in [0.717, 1.165) is 21.8 Å². The van der Waals surface area contributed by atoms with Crippen molar-refractivity contribution >= 4 is 26.5 Å². The Kier molecular flexibility index (Phi) is 3.94. The lowest BCUT2D eigenvalue weighted by Gasteiger charge is -2.23. The highest BCUT2D eigenvalue weighted by Crippen LogP contribution is 2.42. The normalized spacial score (nSPS) is 16.7. The van der Waals surface area contributed by atoms with Crippen LogP contribution in [0.15, 0.2) is 65.6 Å². The highest BCUT2D eigenvalue weighted by molar-refractivity contribution is 7.93. The largest absolute Gasteiger partial charge is 0.416 e. The first-order valence-electron chi connectivity index (χ1n) is 8.09. The molecule has 0 aliphatic carbocycles. The van der Waals surface area contributed by atoms with Gasteiger partial charge in [-0.05, 0) is 35.2 Å². The van der Waals surface area contributed by atoms with Crippen LogP contribution < -0.4 is 4.31 Å². The molecule has 1 atom stereocenters. The van der Waals surface area contributed by atoms with Crippen LogP contribution in [0.2, 0.25) is 0 Å². The fourth-order valence-electron chi connectivity index (χ4n) is 3.34. The number of β-amino-alcohol motifs (C(OH)–C–C–N with tert-alkyl or cyclic N) is 1. The molecule has 1 aliphatic rings. The first-order valence-corrected chi connectivity index (χ1v) is 9.53. The Morgan fingerprint density at radius 1 is 1.00 bits per heavy atom. The number of aliphatic hydroxyl groups is 1. The fourth-order valence-corrected chi connectivity index (χ4v) is 5.06. The molecule has 1 aliphatic heterocycles. The van der Waals surface area contributed by atoms with Gasteiger partial charge in [-0.2, -0.15) is 13.2 Å². The van der Waals surface area contributed by atoms with E-state index in [1.54, 1.807) is 30.3 Å². The predicted molar refractivity (Wildman–Crippen MR) is 94.9 cm³/mol. The lowest BCUT2D eigenvalue weighted by atomic mass is 10.0. The molecule has 4 nitrogen and oxygen atoms in total. The Morgan fingerprint density at radius 3 is 2.37 bits per heavy atom. The van der Waals surface area contributed by atoms with Crippen molar-refractivity contribution in [3.8, 4) is 0 Å². The quantitative estimate of drug-likeness (QED) is 0.729. The third-order valence-electron chi connectivity index (χ3n) is 4.62. The van der Waals surface area contributed by atoms with Crippen molar-refractivity contribution in [1.82, 2.24) is 0 Å². The Hall–Kier alpha value is -2.58. The summed E-state index contributed by atoms with van der Waals surface area (Å²) in [6.07, 6.45) is -5.95. The highest BCUT2D eigenvalue weighted by atomic mass is 32.2. The van der Waals surface area contributed by atoms with Crippen molar-refractivity contribution in [2.45, 2.75) is 17.2 Å². The fraction of sp³-hybridized carbons (Fsp3) is 0.158. The molecule has 1 unspecified atom stereocenters. The zero-order valence-corrected chi connectivity index (χ0v) is 14.6. The lowest BCUT2D eigenvalue weighted by molar-refractivity contribution is -0.137. The van der Waals surface area contributed by atoms with Crippen LogP contribution in [0, 0.1) is 0 Å². The number of anilines is 1. The van der Waals surface area contributed by atoms with E-state index < -0.39 is 27.9 Å². The summed E-state index contributed by atoms with van der Waals surface area (Å²) < 4.78 is 65.5. The van der Waals surface area contributed by atoms with Gasteiger partial charge < -0.3 is 5.11 Å². The minimum atomic E-state index is -4.54. The number of hydrogen-bond acceptors (Lipinski definition) is 3. The van der Waals surface area contributed by atoms with Gasteiger partial charge in [0.05, 0.1) is 28.8 Å². The molecule has 4 rings (SSSR count). The first-order chi connectivity index (χ1) is 12.7. The Labute approximate surface area is 153 Å². The molecule has 0 aromatic heterocycles. The molecular weight excluding hydrogens is 379 g/mol. The summed E-state index contributed by atoms with van der Waals surface area (Å²) in [4.78, 5) is 0.131. The number of benzene rings is 3. The molecule has 3 aromatic rings. The zero-order valence-electron chi connectivity index (χ0n) is 13.8. The van der Waals surface area contributed by atoms with Crippen molar-refractivity contribution in [3.63, 3.8) is 0 Å². The van der Waals surface area contributed by atoms with Crippen LogP contribution in [0.3, 0.4) is 0 Å². The summed E-state index contributed by atoms with van der Waals surface area (Å²) in [6, 6.07) is 14.3. The molecule has 0 saturated heterocycles. The topological polar surface area (TPSA) is 57.6 Å². The van der Waals surface area contributed by atoms with Gasteiger partial charge in [0, 0.05) is 5.39 Å². The van der Waals surface area contributed by atoms with Crippen LogP contribution in [0.5, 0.6) is 0 Å². The minimum absolute atomic E-state index is 0.00292. The van der Waals surface area contributed by atoms with Gasteiger partial charge in [0.2, 0.25) is 0 Å². The summed E-state index contributed by atoms with van der Waals surface area (Å²) >= 11 is 0. The van der Waals surface area contributed by atoms with E-state index in [1.807, 2.05) is 0 Å². The molecule has 0 bridgehead atoms. The van der Waals surface area contributed by atoms with E-state index in [4.69, 9.17) is 0 Å². The second kappa shape index (κ2) is 5.97. The smallest absolute Gasteiger partial charge is 0.387 e. The van der Waals surface area contributed by atoms with Crippen LogP contribution >= 0.6 is 0 Å². The van der Waals surface area contributed by atoms with Crippen molar-refractivity contribution in [2.75, 3.05) is 10.8 Å². The van der Waals surface area contributed by atoms with E-state index in [-0.39, 0.29) is 17.0 Å². The maximum Gasteiger partial charge on any atom is 0.416 e. The molecule has 140 valence electrons. The number of hydrogen-bond donors (Lipinski definition) is 1. The van der Waals surface area contributed by atoms with Crippen molar-refractivity contribution in [1.29, 1.82) is 0 Å². The van der Waals surface area contributed by atoms with Gasteiger partial charge in [0.1, 0.15) is 0 Å². The van der Waals surface area contributed by atoms with Gasteiger partial charge >= 0.3 is 6.18 Å². The Morgan fingerprint density at radius 2 is 1.67 bits per heavy atom. The molecule has 0 spiro atoms. The first kappa shape index (κ1) is 17.8. The molecule has 0 amide bonds. The van der Waals surface area contributed by atoms with E-state index in [0.29, 0.717) is 11.1 Å². The monoisotopic (exact) mass is 393 g/mol. The summed E-state index contributed by atoms with van der Waals surface area (Å²) in [5, 5.41) is 11.8. The molecule has 0 fully saturated rings. The van der Waals surface area contributed by atoms with Gasteiger partial charge in [0.25, 0.3) is 10.0 Å². The zero-order chi connectivity index (χ0) is 19.4. The number of rotatable bonds is 3. The second-order valence-corrected chi connectivity index (χ2v) is 8.14. The number of nitrogens with zero attached hydrogens (tertiary/aromatic N) is 1. The number of aliphatic hydroxyl groups excluding tert-OH is 1. The maximum absolute atomic E-state index is 12.9. The molecule has 1 heterocycles. The lowest BCUT2D eigenvalue weighted by Crippen LogP contribution is -2.31. The molecule has 0 radical (unpaired) electrons. The van der Waals surface area contributed by atoms with Gasteiger partial charge in [-0.3, -0.25) is 4.31 Å². The third-order valence-corrected chi connectivity index (χ3v) is 6.44. The standard InChI is InChI=1S/C19H14F3NO3S/c20-19(21,22)14-7-1-6-13(10-14)16(24)11-23-15-8-2-4-12-5-3-9-17(18(12)15)27(23,25)26/h1-10,16,24H,11H2. The predicted octanol–water partition coefficient (Wildman–Crippen LogP) is 4.10. The molecule has 0 saturated carbocycles. The van der Waals surface area contributed by atoms with Crippen LogP contribution in [0.4, 0.5) is 18.9 Å². The molecular formula is C19H14F3NO3S. The number of alkyl halides is 3. The molecule has 1 N–H and O–H groups in total. The Bertz CT molecular complexity index is 1140. The average molecular weight is 393 g/mol. The van der Waals surface area contributed by atoms with Gasteiger partial charge in [-0.1, -0.05) is 36.4 Å². The van der Waals surface area contributed by atoms with E-state index in [2.05, 4.69) is 0 Å². The van der Waals surface area contributed by atoms with E-state index in [1.165, 1.54) is 18.2 Å². The van der Waals surface area contributed by atoms with Crippen LogP contribution in [-0.2, 0) is 16.2 Å². The van der Waals surface area contributed by atoms with Crippen LogP contribution in [-0.4, -0.2) is 20.1 Å². The maximum atomic E-state index is 12.9. The van der Waals surface area contributed by atoms with Gasteiger partial charge in [-0.15, -0.1) is 0 Å². The van der Waals surface area contributed by atoms with Crippen molar-refractivity contribution in [2.24, 2.45) is 0 Å². The van der Waals surface area contributed by atoms with Crippen LogP contribution in [0.25, 0.3) is 10.8 Å². The van der Waals surface area contributed by atoms with E-state index in [9.17, 15) is 26.7 Å². The van der Waals surface area contributed by atoms with Gasteiger partial charge in [0.15, 0.2) is 0 Å². The van der Waals surface area contributed by atoms with Crippen molar-refractivity contribution < 1.29 is 26.7 Å².